The van der Waals surface area contributed by atoms with Crippen molar-refractivity contribution in [1.29, 1.82) is 0 Å². The Bertz CT molecular complexity index is 1110. The number of pyridine rings is 1. The second-order valence-electron chi connectivity index (χ2n) is 7.80. The van der Waals surface area contributed by atoms with E-state index < -0.39 is 0 Å². The molecule has 1 N–H and O–H groups in total. The van der Waals surface area contributed by atoms with Crippen molar-refractivity contribution < 1.29 is 9.59 Å². The zero-order chi connectivity index (χ0) is 22.0. The standard InChI is InChI=1S/C23H23ClN4O2S/c1-14-5-7-18(15(2)10-14)22-26-19(13-31-22)23(30)28-9-3-4-16(12-28)21(29)27-20-8-6-17(24)11-25-20/h5-8,10-11,13,16H,3-4,9,12H2,1-2H3,(H,25,27,29). The SMILES string of the molecule is Cc1ccc(-c2nc(C(=O)N3CCCC(C(=O)Nc4ccc(Cl)cn4)C3)cs2)c(C)c1. The Morgan fingerprint density at radius 3 is 2.81 bits per heavy atom. The maximum Gasteiger partial charge on any atom is 0.273 e. The third-order valence-electron chi connectivity index (χ3n) is 5.39. The van der Waals surface area contributed by atoms with Crippen LogP contribution >= 0.6 is 22.9 Å². The van der Waals surface area contributed by atoms with Crippen molar-refractivity contribution in [3.05, 3.63) is 63.8 Å². The predicted molar refractivity (Wildman–Crippen MR) is 124 cm³/mol. The van der Waals surface area contributed by atoms with E-state index in [2.05, 4.69) is 41.3 Å². The lowest BCUT2D eigenvalue weighted by molar-refractivity contribution is -0.121. The summed E-state index contributed by atoms with van der Waals surface area (Å²) in [5.41, 5.74) is 3.81. The molecule has 1 unspecified atom stereocenters. The van der Waals surface area contributed by atoms with E-state index >= 15 is 0 Å². The Hall–Kier alpha value is -2.77. The van der Waals surface area contributed by atoms with Gasteiger partial charge in [0.1, 0.15) is 16.5 Å². The van der Waals surface area contributed by atoms with E-state index in [1.807, 2.05) is 6.07 Å². The third-order valence-corrected chi connectivity index (χ3v) is 6.49. The van der Waals surface area contributed by atoms with Crippen LogP contribution in [0.15, 0.2) is 41.9 Å². The van der Waals surface area contributed by atoms with Crippen LogP contribution in [0, 0.1) is 19.8 Å². The number of halogens is 1. The van der Waals surface area contributed by atoms with Gasteiger partial charge < -0.3 is 10.2 Å². The van der Waals surface area contributed by atoms with Gasteiger partial charge in [-0.1, -0.05) is 35.4 Å². The zero-order valence-electron chi connectivity index (χ0n) is 17.4. The smallest absolute Gasteiger partial charge is 0.273 e. The summed E-state index contributed by atoms with van der Waals surface area (Å²) in [6.45, 7) is 5.10. The number of anilines is 1. The van der Waals surface area contributed by atoms with Gasteiger partial charge in [0, 0.05) is 30.2 Å². The number of nitrogens with zero attached hydrogens (tertiary/aromatic N) is 3. The Morgan fingerprint density at radius 1 is 1.23 bits per heavy atom. The van der Waals surface area contributed by atoms with Gasteiger partial charge in [-0.25, -0.2) is 9.97 Å². The van der Waals surface area contributed by atoms with E-state index in [0.717, 1.165) is 29.0 Å². The van der Waals surface area contributed by atoms with Crippen molar-refractivity contribution in [3.8, 4) is 10.6 Å². The van der Waals surface area contributed by atoms with Gasteiger partial charge in [-0.05, 0) is 44.4 Å². The van der Waals surface area contributed by atoms with Crippen molar-refractivity contribution in [2.45, 2.75) is 26.7 Å². The number of likely N-dealkylation sites (tertiary alicyclic amines) is 1. The Morgan fingerprint density at radius 2 is 2.06 bits per heavy atom. The van der Waals surface area contributed by atoms with Crippen LogP contribution in [0.25, 0.3) is 10.6 Å². The van der Waals surface area contributed by atoms with Crippen LogP contribution in [0.2, 0.25) is 5.02 Å². The van der Waals surface area contributed by atoms with Crippen molar-refractivity contribution in [3.63, 3.8) is 0 Å². The minimum atomic E-state index is -0.285. The molecule has 4 rings (SSSR count). The molecule has 2 amide bonds. The number of benzene rings is 1. The summed E-state index contributed by atoms with van der Waals surface area (Å²) in [4.78, 5) is 36.2. The summed E-state index contributed by atoms with van der Waals surface area (Å²) in [6.07, 6.45) is 2.99. The van der Waals surface area contributed by atoms with Crippen molar-refractivity contribution >= 4 is 40.6 Å². The molecule has 0 bridgehead atoms. The molecule has 160 valence electrons. The number of thiazole rings is 1. The van der Waals surface area contributed by atoms with E-state index in [1.54, 1.807) is 22.4 Å². The number of carbonyl (C=O) groups excluding carboxylic acids is 2. The second kappa shape index (κ2) is 9.16. The molecule has 1 atom stereocenters. The van der Waals surface area contributed by atoms with E-state index in [-0.39, 0.29) is 17.7 Å². The van der Waals surface area contributed by atoms with Gasteiger partial charge in [-0.2, -0.15) is 0 Å². The minimum Gasteiger partial charge on any atom is -0.336 e. The average Bonchev–Trinajstić information content (AvgIpc) is 3.25. The molecule has 3 aromatic rings. The van der Waals surface area contributed by atoms with Crippen LogP contribution in [-0.4, -0.2) is 39.8 Å². The molecule has 1 aromatic carbocycles. The summed E-state index contributed by atoms with van der Waals surface area (Å²) < 4.78 is 0. The summed E-state index contributed by atoms with van der Waals surface area (Å²) in [5, 5.41) is 5.96. The van der Waals surface area contributed by atoms with Gasteiger partial charge >= 0.3 is 0 Å². The molecular formula is C23H23ClN4O2S. The number of carbonyl (C=O) groups is 2. The quantitative estimate of drug-likeness (QED) is 0.604. The van der Waals surface area contributed by atoms with E-state index in [1.165, 1.54) is 23.1 Å². The highest BCUT2D eigenvalue weighted by molar-refractivity contribution is 7.13. The molecule has 1 saturated heterocycles. The Labute approximate surface area is 190 Å². The van der Waals surface area contributed by atoms with E-state index in [9.17, 15) is 9.59 Å². The summed E-state index contributed by atoms with van der Waals surface area (Å²) in [6, 6.07) is 9.55. The van der Waals surface area contributed by atoms with Gasteiger partial charge in [0.2, 0.25) is 5.91 Å². The predicted octanol–water partition coefficient (Wildman–Crippen LogP) is 4.97. The first-order valence-corrected chi connectivity index (χ1v) is 11.4. The third kappa shape index (κ3) is 4.94. The summed E-state index contributed by atoms with van der Waals surface area (Å²) >= 11 is 7.31. The fourth-order valence-corrected chi connectivity index (χ4v) is 4.76. The molecule has 0 radical (unpaired) electrons. The first-order chi connectivity index (χ1) is 14.9. The molecule has 0 aliphatic carbocycles. The highest BCUT2D eigenvalue weighted by atomic mass is 35.5. The first-order valence-electron chi connectivity index (χ1n) is 10.2. The van der Waals surface area contributed by atoms with Crippen LogP contribution in [0.5, 0.6) is 0 Å². The van der Waals surface area contributed by atoms with E-state index in [0.29, 0.717) is 29.6 Å². The molecular weight excluding hydrogens is 432 g/mol. The molecule has 8 heteroatoms. The van der Waals surface area contributed by atoms with Gasteiger partial charge in [-0.3, -0.25) is 9.59 Å². The van der Waals surface area contributed by atoms with Crippen molar-refractivity contribution in [2.24, 2.45) is 5.92 Å². The Balaban J connectivity index is 1.43. The average molecular weight is 455 g/mol. The highest BCUT2D eigenvalue weighted by Gasteiger charge is 2.30. The number of nitrogens with one attached hydrogen (secondary N) is 1. The lowest BCUT2D eigenvalue weighted by Crippen LogP contribution is -2.44. The van der Waals surface area contributed by atoms with Gasteiger partial charge in [0.15, 0.2) is 0 Å². The Kier molecular flexibility index (Phi) is 6.34. The number of piperidine rings is 1. The van der Waals surface area contributed by atoms with Crippen LogP contribution < -0.4 is 5.32 Å². The van der Waals surface area contributed by atoms with Crippen molar-refractivity contribution in [2.75, 3.05) is 18.4 Å². The molecule has 31 heavy (non-hydrogen) atoms. The highest BCUT2D eigenvalue weighted by Crippen LogP contribution is 2.28. The van der Waals surface area contributed by atoms with Gasteiger partial charge in [0.05, 0.1) is 10.9 Å². The van der Waals surface area contributed by atoms with Crippen LogP contribution in [0.4, 0.5) is 5.82 Å². The molecule has 6 nitrogen and oxygen atoms in total. The minimum absolute atomic E-state index is 0.130. The maximum absolute atomic E-state index is 13.1. The summed E-state index contributed by atoms with van der Waals surface area (Å²) in [7, 11) is 0. The zero-order valence-corrected chi connectivity index (χ0v) is 19.0. The monoisotopic (exact) mass is 454 g/mol. The van der Waals surface area contributed by atoms with Crippen molar-refractivity contribution in [1.82, 2.24) is 14.9 Å². The molecule has 2 aromatic heterocycles. The number of rotatable bonds is 4. The molecule has 0 spiro atoms. The summed E-state index contributed by atoms with van der Waals surface area (Å²) in [5.74, 6) is -0.0981. The van der Waals surface area contributed by atoms with Crippen LogP contribution in [-0.2, 0) is 4.79 Å². The second-order valence-corrected chi connectivity index (χ2v) is 9.09. The molecule has 1 aliphatic heterocycles. The molecule has 1 fully saturated rings. The number of hydrogen-bond donors (Lipinski definition) is 1. The number of hydrogen-bond acceptors (Lipinski definition) is 5. The largest absolute Gasteiger partial charge is 0.336 e. The van der Waals surface area contributed by atoms with Crippen LogP contribution in [0.1, 0.15) is 34.5 Å². The lowest BCUT2D eigenvalue weighted by atomic mass is 9.97. The molecule has 1 aliphatic rings. The lowest BCUT2D eigenvalue weighted by Gasteiger charge is -2.31. The maximum atomic E-state index is 13.1. The van der Waals surface area contributed by atoms with E-state index in [4.69, 9.17) is 11.6 Å². The number of aromatic nitrogens is 2. The van der Waals surface area contributed by atoms with Crippen LogP contribution in [0.3, 0.4) is 0 Å². The molecule has 0 saturated carbocycles. The number of aryl methyl sites for hydroxylation is 2. The fraction of sp³-hybridized carbons (Fsp3) is 0.304. The fourth-order valence-electron chi connectivity index (χ4n) is 3.76. The number of amides is 2. The normalized spacial score (nSPS) is 16.2. The van der Waals surface area contributed by atoms with Gasteiger partial charge in [0.25, 0.3) is 5.91 Å². The molecule has 3 heterocycles. The topological polar surface area (TPSA) is 75.2 Å². The first kappa shape index (κ1) is 21.5. The van der Waals surface area contributed by atoms with Gasteiger partial charge in [-0.15, -0.1) is 11.3 Å².